The standard InChI is InChI=1S/C27H35F2N.C2H3N/c1-3-18-30(20-22-8-6-5-7-9-22)23(4-2)12-10-21-11-13-24(26(28)14-15-26)25(19-21)27(29)16-17-27;1-2-3/h5-9,11,13,19,23H,3-4,10,12,14-18,20H2,1-2H3;1H3. The third-order valence-corrected chi connectivity index (χ3v) is 6.92. The average Bonchev–Trinajstić information content (AvgIpc) is 3.74. The molecular weight excluding hydrogens is 414 g/mol. The largest absolute Gasteiger partial charge is 0.296 e. The Labute approximate surface area is 198 Å². The number of hydrogen-bond acceptors (Lipinski definition) is 2. The minimum atomic E-state index is -1.28. The Morgan fingerprint density at radius 1 is 0.939 bits per heavy atom. The zero-order chi connectivity index (χ0) is 23.9. The predicted octanol–water partition coefficient (Wildman–Crippen LogP) is 7.76. The molecule has 178 valence electrons. The quantitative estimate of drug-likeness (QED) is 0.348. The van der Waals surface area contributed by atoms with Crippen LogP contribution in [0.5, 0.6) is 0 Å². The Bertz CT molecular complexity index is 926. The van der Waals surface area contributed by atoms with Crippen LogP contribution in [0, 0.1) is 11.3 Å². The fourth-order valence-corrected chi connectivity index (χ4v) is 4.74. The summed E-state index contributed by atoms with van der Waals surface area (Å²) >= 11 is 0. The van der Waals surface area contributed by atoms with Crippen molar-refractivity contribution in [1.82, 2.24) is 4.90 Å². The van der Waals surface area contributed by atoms with E-state index in [1.807, 2.05) is 18.2 Å². The number of alkyl halides is 2. The van der Waals surface area contributed by atoms with Crippen molar-refractivity contribution >= 4 is 0 Å². The van der Waals surface area contributed by atoms with E-state index in [4.69, 9.17) is 5.26 Å². The first-order valence-corrected chi connectivity index (χ1v) is 12.5. The highest BCUT2D eigenvalue weighted by atomic mass is 19.1. The van der Waals surface area contributed by atoms with Gasteiger partial charge in [-0.25, -0.2) is 8.78 Å². The molecule has 2 aromatic carbocycles. The number of hydrogen-bond donors (Lipinski definition) is 0. The van der Waals surface area contributed by atoms with Crippen LogP contribution in [0.15, 0.2) is 48.5 Å². The molecule has 0 spiro atoms. The molecule has 0 heterocycles. The van der Waals surface area contributed by atoms with Gasteiger partial charge in [-0.3, -0.25) is 4.90 Å². The van der Waals surface area contributed by atoms with Crippen LogP contribution in [-0.4, -0.2) is 17.5 Å². The van der Waals surface area contributed by atoms with Gasteiger partial charge in [0.25, 0.3) is 0 Å². The molecule has 0 aromatic heterocycles. The Hall–Kier alpha value is -2.25. The van der Waals surface area contributed by atoms with E-state index in [9.17, 15) is 8.78 Å². The summed E-state index contributed by atoms with van der Waals surface area (Å²) in [6.07, 6.45) is 6.34. The molecular formula is C29H38F2N2. The van der Waals surface area contributed by atoms with Gasteiger partial charge in [0.2, 0.25) is 0 Å². The van der Waals surface area contributed by atoms with Gasteiger partial charge in [0.1, 0.15) is 11.3 Å². The van der Waals surface area contributed by atoms with E-state index in [-0.39, 0.29) is 0 Å². The number of aryl methyl sites for hydroxylation is 1. The topological polar surface area (TPSA) is 27.0 Å². The second-order valence-electron chi connectivity index (χ2n) is 9.59. The highest BCUT2D eigenvalue weighted by Gasteiger charge is 2.53. The van der Waals surface area contributed by atoms with Crippen LogP contribution in [0.4, 0.5) is 8.78 Å². The predicted molar refractivity (Wildman–Crippen MR) is 131 cm³/mol. The zero-order valence-corrected chi connectivity index (χ0v) is 20.4. The molecule has 2 nitrogen and oxygen atoms in total. The smallest absolute Gasteiger partial charge is 0.136 e. The molecule has 2 aliphatic carbocycles. The maximum atomic E-state index is 15.0. The summed E-state index contributed by atoms with van der Waals surface area (Å²) in [6, 6.07) is 18.8. The fourth-order valence-electron chi connectivity index (χ4n) is 4.74. The molecule has 0 radical (unpaired) electrons. The average molecular weight is 453 g/mol. The third-order valence-electron chi connectivity index (χ3n) is 6.92. The lowest BCUT2D eigenvalue weighted by Gasteiger charge is -2.31. The second kappa shape index (κ2) is 11.3. The lowest BCUT2D eigenvalue weighted by atomic mass is 9.92. The van der Waals surface area contributed by atoms with E-state index < -0.39 is 11.3 Å². The third kappa shape index (κ3) is 6.64. The highest BCUT2D eigenvalue weighted by Crippen LogP contribution is 2.58. The van der Waals surface area contributed by atoms with Gasteiger partial charge in [0, 0.05) is 19.5 Å². The van der Waals surface area contributed by atoms with Crippen LogP contribution in [0.25, 0.3) is 0 Å². The summed E-state index contributed by atoms with van der Waals surface area (Å²) in [5.74, 6) is 0. The van der Waals surface area contributed by atoms with Crippen LogP contribution >= 0.6 is 0 Å². The van der Waals surface area contributed by atoms with Crippen molar-refractivity contribution in [1.29, 1.82) is 5.26 Å². The molecule has 0 bridgehead atoms. The van der Waals surface area contributed by atoms with E-state index in [2.05, 4.69) is 49.1 Å². The van der Waals surface area contributed by atoms with E-state index in [0.29, 0.717) is 42.9 Å². The van der Waals surface area contributed by atoms with Crippen molar-refractivity contribution in [2.24, 2.45) is 0 Å². The molecule has 0 amide bonds. The molecule has 0 N–H and O–H groups in total. The Kier molecular flexibility index (Phi) is 8.65. The maximum absolute atomic E-state index is 15.0. The number of rotatable bonds is 11. The maximum Gasteiger partial charge on any atom is 0.136 e. The first-order valence-electron chi connectivity index (χ1n) is 12.5. The number of benzene rings is 2. The first-order chi connectivity index (χ1) is 15.9. The molecule has 33 heavy (non-hydrogen) atoms. The Morgan fingerprint density at radius 2 is 1.55 bits per heavy atom. The molecule has 2 aromatic rings. The van der Waals surface area contributed by atoms with Crippen LogP contribution in [0.3, 0.4) is 0 Å². The van der Waals surface area contributed by atoms with E-state index >= 15 is 0 Å². The van der Waals surface area contributed by atoms with Crippen molar-refractivity contribution in [2.75, 3.05) is 6.54 Å². The molecule has 1 unspecified atom stereocenters. The zero-order valence-electron chi connectivity index (χ0n) is 20.4. The molecule has 1 atom stereocenters. The van der Waals surface area contributed by atoms with Gasteiger partial charge < -0.3 is 0 Å². The van der Waals surface area contributed by atoms with Crippen LogP contribution < -0.4 is 0 Å². The minimum Gasteiger partial charge on any atom is -0.296 e. The minimum absolute atomic E-state index is 0.490. The van der Waals surface area contributed by atoms with Gasteiger partial charge in [-0.1, -0.05) is 62.4 Å². The summed E-state index contributed by atoms with van der Waals surface area (Å²) in [7, 11) is 0. The van der Waals surface area contributed by atoms with Gasteiger partial charge in [-0.15, -0.1) is 0 Å². The monoisotopic (exact) mass is 452 g/mol. The van der Waals surface area contributed by atoms with Crippen LogP contribution in [-0.2, 0) is 24.3 Å². The molecule has 2 fully saturated rings. The van der Waals surface area contributed by atoms with Gasteiger partial charge >= 0.3 is 0 Å². The Balaban J connectivity index is 0.000000968. The normalized spacial score (nSPS) is 18.1. The fraction of sp³-hybridized carbons (Fsp3) is 0.552. The summed E-state index contributed by atoms with van der Waals surface area (Å²) < 4.78 is 29.8. The number of nitriles is 1. The summed E-state index contributed by atoms with van der Waals surface area (Å²) in [5.41, 5.74) is 1.21. The lowest BCUT2D eigenvalue weighted by molar-refractivity contribution is 0.173. The molecule has 4 rings (SSSR count). The van der Waals surface area contributed by atoms with Crippen molar-refractivity contribution in [3.63, 3.8) is 0 Å². The van der Waals surface area contributed by atoms with E-state index in [1.165, 1.54) is 12.5 Å². The Morgan fingerprint density at radius 3 is 2.09 bits per heavy atom. The van der Waals surface area contributed by atoms with E-state index in [1.54, 1.807) is 6.07 Å². The van der Waals surface area contributed by atoms with Gasteiger partial charge in [-0.05, 0) is 80.2 Å². The molecule has 4 heteroatoms. The highest BCUT2D eigenvalue weighted by molar-refractivity contribution is 5.44. The number of halogens is 2. The molecule has 0 aliphatic heterocycles. The van der Waals surface area contributed by atoms with Crippen molar-refractivity contribution in [3.05, 3.63) is 70.8 Å². The summed E-state index contributed by atoms with van der Waals surface area (Å²) in [6.45, 7) is 7.97. The molecule has 2 aliphatic rings. The SMILES string of the molecule is CC#N.CCCN(Cc1ccccc1)C(CC)CCc1ccc(C2(F)CC2)c(C2(F)CC2)c1. The van der Waals surface area contributed by atoms with Crippen molar-refractivity contribution in [2.45, 2.75) is 96.1 Å². The molecule has 2 saturated carbocycles. The van der Waals surface area contributed by atoms with Crippen LogP contribution in [0.2, 0.25) is 0 Å². The van der Waals surface area contributed by atoms with Crippen LogP contribution in [0.1, 0.15) is 88.0 Å². The van der Waals surface area contributed by atoms with Gasteiger partial charge in [-0.2, -0.15) is 5.26 Å². The van der Waals surface area contributed by atoms with E-state index in [0.717, 1.165) is 44.3 Å². The van der Waals surface area contributed by atoms with Gasteiger partial charge in [0.05, 0.1) is 6.07 Å². The second-order valence-corrected chi connectivity index (χ2v) is 9.59. The van der Waals surface area contributed by atoms with Crippen molar-refractivity contribution in [3.8, 4) is 6.07 Å². The number of nitrogens with zero attached hydrogens (tertiary/aromatic N) is 2. The van der Waals surface area contributed by atoms with Gasteiger partial charge in [0.15, 0.2) is 0 Å². The lowest BCUT2D eigenvalue weighted by Crippen LogP contribution is -2.35. The summed E-state index contributed by atoms with van der Waals surface area (Å²) in [5, 5.41) is 7.32. The first kappa shape index (κ1) is 25.4. The molecule has 0 saturated heterocycles. The van der Waals surface area contributed by atoms with Crippen molar-refractivity contribution < 1.29 is 8.78 Å². The summed E-state index contributed by atoms with van der Waals surface area (Å²) in [4.78, 5) is 2.59.